The highest BCUT2D eigenvalue weighted by Crippen LogP contribution is 2.29. The number of pyridine rings is 1. The number of halogens is 4. The number of hydrogen-bond acceptors (Lipinski definition) is 3. The monoisotopic (exact) mass is 343 g/mol. The van der Waals surface area contributed by atoms with Crippen LogP contribution in [-0.4, -0.2) is 21.7 Å². The summed E-state index contributed by atoms with van der Waals surface area (Å²) in [5.41, 5.74) is 0.132. The van der Waals surface area contributed by atoms with Gasteiger partial charge in [0, 0.05) is 6.20 Å². The van der Waals surface area contributed by atoms with Crippen molar-refractivity contribution in [3.63, 3.8) is 0 Å². The van der Waals surface area contributed by atoms with Crippen molar-refractivity contribution in [2.24, 2.45) is 0 Å². The van der Waals surface area contributed by atoms with Gasteiger partial charge in [0.1, 0.15) is 5.75 Å². The number of aromatic nitrogens is 3. The highest BCUT2D eigenvalue weighted by Gasteiger charge is 2.36. The normalized spacial score (nSPS) is 12.1. The molecule has 0 fully saturated rings. The molecule has 0 atom stereocenters. The fourth-order valence-electron chi connectivity index (χ4n) is 1.18. The van der Waals surface area contributed by atoms with E-state index in [9.17, 15) is 13.2 Å². The summed E-state index contributed by atoms with van der Waals surface area (Å²) in [5, 5.41) is 3.34. The molecule has 2 heterocycles. The standard InChI is InChI=1S/C8H5F3IN3O/c1-16-4-2-3-15-6(5(4)12)13-7(14-15)8(9,10)11/h2-3H,1H3. The van der Waals surface area contributed by atoms with E-state index in [0.717, 1.165) is 4.52 Å². The highest BCUT2D eigenvalue weighted by molar-refractivity contribution is 14.1. The van der Waals surface area contributed by atoms with E-state index < -0.39 is 12.0 Å². The van der Waals surface area contributed by atoms with Crippen LogP contribution in [-0.2, 0) is 6.18 Å². The minimum absolute atomic E-state index is 0.132. The van der Waals surface area contributed by atoms with Gasteiger partial charge in [0.15, 0.2) is 5.65 Å². The van der Waals surface area contributed by atoms with Crippen molar-refractivity contribution in [1.82, 2.24) is 14.6 Å². The van der Waals surface area contributed by atoms with Gasteiger partial charge in [-0.05, 0) is 28.7 Å². The molecule has 0 aliphatic rings. The average Bonchev–Trinajstić information content (AvgIpc) is 2.62. The molecule has 2 aromatic heterocycles. The molecular weight excluding hydrogens is 338 g/mol. The molecule has 0 bridgehead atoms. The van der Waals surface area contributed by atoms with Gasteiger partial charge in [0.25, 0.3) is 5.82 Å². The lowest BCUT2D eigenvalue weighted by Crippen LogP contribution is -2.07. The van der Waals surface area contributed by atoms with Crippen molar-refractivity contribution < 1.29 is 17.9 Å². The molecule has 8 heteroatoms. The molecule has 0 radical (unpaired) electrons. The summed E-state index contributed by atoms with van der Waals surface area (Å²) < 4.78 is 43.7. The molecule has 86 valence electrons. The van der Waals surface area contributed by atoms with Crippen molar-refractivity contribution in [2.45, 2.75) is 6.18 Å². The first-order valence-electron chi connectivity index (χ1n) is 4.09. The number of hydrogen-bond donors (Lipinski definition) is 0. The third kappa shape index (κ3) is 1.81. The molecule has 0 amide bonds. The van der Waals surface area contributed by atoms with Gasteiger partial charge in [-0.2, -0.15) is 13.2 Å². The van der Waals surface area contributed by atoms with Gasteiger partial charge in [-0.1, -0.05) is 0 Å². The van der Waals surface area contributed by atoms with Crippen molar-refractivity contribution in [2.75, 3.05) is 7.11 Å². The lowest BCUT2D eigenvalue weighted by Gasteiger charge is -2.02. The second-order valence-electron chi connectivity index (χ2n) is 2.90. The molecule has 0 saturated heterocycles. The predicted molar refractivity (Wildman–Crippen MR) is 57.3 cm³/mol. The van der Waals surface area contributed by atoms with Crippen LogP contribution in [0.3, 0.4) is 0 Å². The van der Waals surface area contributed by atoms with Crippen LogP contribution in [0.25, 0.3) is 5.65 Å². The Hall–Kier alpha value is -1.06. The van der Waals surface area contributed by atoms with E-state index in [0.29, 0.717) is 9.32 Å². The third-order valence-corrected chi connectivity index (χ3v) is 2.90. The molecule has 2 aromatic rings. The number of nitrogens with zero attached hydrogens (tertiary/aromatic N) is 3. The predicted octanol–water partition coefficient (Wildman–Crippen LogP) is 2.36. The quantitative estimate of drug-likeness (QED) is 0.747. The van der Waals surface area contributed by atoms with Crippen LogP contribution < -0.4 is 4.74 Å². The molecule has 0 aliphatic heterocycles. The smallest absolute Gasteiger partial charge is 0.453 e. The second-order valence-corrected chi connectivity index (χ2v) is 3.98. The Labute approximate surface area is 102 Å². The van der Waals surface area contributed by atoms with Crippen molar-refractivity contribution in [3.05, 3.63) is 21.7 Å². The first-order chi connectivity index (χ1) is 7.43. The summed E-state index contributed by atoms with van der Waals surface area (Å²) in [6.07, 6.45) is -3.17. The van der Waals surface area contributed by atoms with Crippen LogP contribution in [0, 0.1) is 3.57 Å². The van der Waals surface area contributed by atoms with E-state index >= 15 is 0 Å². The van der Waals surface area contributed by atoms with Crippen molar-refractivity contribution in [1.29, 1.82) is 0 Å². The van der Waals surface area contributed by atoms with E-state index in [1.165, 1.54) is 19.4 Å². The Balaban J connectivity index is 2.67. The number of alkyl halides is 3. The number of fused-ring (bicyclic) bond motifs is 1. The van der Waals surface area contributed by atoms with Gasteiger partial charge in [0.05, 0.1) is 10.7 Å². The molecule has 4 nitrogen and oxygen atoms in total. The zero-order valence-electron chi connectivity index (χ0n) is 7.92. The highest BCUT2D eigenvalue weighted by atomic mass is 127. The van der Waals surface area contributed by atoms with Gasteiger partial charge in [-0.3, -0.25) is 0 Å². The summed E-state index contributed by atoms with van der Waals surface area (Å²) >= 11 is 1.86. The van der Waals surface area contributed by atoms with Crippen LogP contribution in [0.2, 0.25) is 0 Å². The Bertz CT molecular complexity index is 537. The molecule has 0 aromatic carbocycles. The van der Waals surface area contributed by atoms with Crippen LogP contribution in [0.5, 0.6) is 5.75 Å². The van der Waals surface area contributed by atoms with Gasteiger partial charge in [0.2, 0.25) is 0 Å². The zero-order valence-corrected chi connectivity index (χ0v) is 10.1. The van der Waals surface area contributed by atoms with Gasteiger partial charge in [-0.25, -0.2) is 9.50 Å². The summed E-state index contributed by atoms with van der Waals surface area (Å²) in [6, 6.07) is 1.53. The maximum atomic E-state index is 12.4. The minimum atomic E-state index is -4.54. The first kappa shape index (κ1) is 11.4. The fraction of sp³-hybridized carbons (Fsp3) is 0.250. The largest absolute Gasteiger partial charge is 0.495 e. The van der Waals surface area contributed by atoms with Crippen LogP contribution in [0.4, 0.5) is 13.2 Å². The molecule has 2 rings (SSSR count). The minimum Gasteiger partial charge on any atom is -0.495 e. The lowest BCUT2D eigenvalue weighted by molar-refractivity contribution is -0.144. The Morgan fingerprint density at radius 2 is 2.12 bits per heavy atom. The molecule has 16 heavy (non-hydrogen) atoms. The first-order valence-corrected chi connectivity index (χ1v) is 5.17. The van der Waals surface area contributed by atoms with Gasteiger partial charge in [-0.15, -0.1) is 5.10 Å². The Morgan fingerprint density at radius 1 is 1.44 bits per heavy atom. The topological polar surface area (TPSA) is 39.4 Å². The van der Waals surface area contributed by atoms with E-state index in [-0.39, 0.29) is 5.65 Å². The van der Waals surface area contributed by atoms with E-state index in [2.05, 4.69) is 10.1 Å². The fourth-order valence-corrected chi connectivity index (χ4v) is 1.94. The molecule has 0 N–H and O–H groups in total. The maximum Gasteiger partial charge on any atom is 0.453 e. The van der Waals surface area contributed by atoms with Gasteiger partial charge < -0.3 is 4.74 Å². The number of methoxy groups -OCH3 is 1. The van der Waals surface area contributed by atoms with Crippen LogP contribution in [0.1, 0.15) is 5.82 Å². The summed E-state index contributed by atoms with van der Waals surface area (Å²) in [6.45, 7) is 0. The molecular formula is C8H5F3IN3O. The SMILES string of the molecule is COc1ccn2nc(C(F)(F)F)nc2c1I. The average molecular weight is 343 g/mol. The number of rotatable bonds is 1. The van der Waals surface area contributed by atoms with Gasteiger partial charge >= 0.3 is 6.18 Å². The lowest BCUT2D eigenvalue weighted by atomic mass is 10.4. The molecule has 0 spiro atoms. The number of ether oxygens (including phenoxy) is 1. The Morgan fingerprint density at radius 3 is 2.69 bits per heavy atom. The molecule has 0 saturated carbocycles. The summed E-state index contributed by atoms with van der Waals surface area (Å²) in [4.78, 5) is 3.43. The van der Waals surface area contributed by atoms with E-state index in [1.54, 1.807) is 0 Å². The zero-order chi connectivity index (χ0) is 11.9. The Kier molecular flexibility index (Phi) is 2.68. The van der Waals surface area contributed by atoms with Crippen molar-refractivity contribution in [3.8, 4) is 5.75 Å². The third-order valence-electron chi connectivity index (χ3n) is 1.88. The summed E-state index contributed by atoms with van der Waals surface area (Å²) in [5.74, 6) is -0.687. The van der Waals surface area contributed by atoms with E-state index in [1.807, 2.05) is 22.6 Å². The van der Waals surface area contributed by atoms with Crippen LogP contribution in [0.15, 0.2) is 12.3 Å². The molecule has 0 unspecified atom stereocenters. The maximum absolute atomic E-state index is 12.4. The second kappa shape index (κ2) is 3.75. The summed E-state index contributed by atoms with van der Waals surface area (Å²) in [7, 11) is 1.44. The van der Waals surface area contributed by atoms with Crippen molar-refractivity contribution >= 4 is 28.2 Å². The van der Waals surface area contributed by atoms with Crippen LogP contribution >= 0.6 is 22.6 Å². The molecule has 0 aliphatic carbocycles. The van der Waals surface area contributed by atoms with E-state index in [4.69, 9.17) is 4.74 Å².